The third kappa shape index (κ3) is 3.68. The molecule has 2 amide bonds. The van der Waals surface area contributed by atoms with Crippen molar-refractivity contribution in [1.82, 2.24) is 10.2 Å². The van der Waals surface area contributed by atoms with E-state index in [0.29, 0.717) is 25.8 Å². The Labute approximate surface area is 108 Å². The van der Waals surface area contributed by atoms with Gasteiger partial charge in [0, 0.05) is 44.1 Å². The van der Waals surface area contributed by atoms with Gasteiger partial charge < -0.3 is 16.8 Å². The second-order valence-corrected chi connectivity index (χ2v) is 5.20. The van der Waals surface area contributed by atoms with Crippen molar-refractivity contribution in [3.63, 3.8) is 0 Å². The van der Waals surface area contributed by atoms with E-state index in [2.05, 4.69) is 24.1 Å². The Bertz CT molecular complexity index is 321. The molecule has 0 aromatic heterocycles. The molecule has 0 spiro atoms. The summed E-state index contributed by atoms with van der Waals surface area (Å²) >= 11 is 0. The molecule has 1 heterocycles. The van der Waals surface area contributed by atoms with Crippen LogP contribution in [0.15, 0.2) is 0 Å². The van der Waals surface area contributed by atoms with Gasteiger partial charge in [-0.15, -0.1) is 0 Å². The molecule has 0 aromatic rings. The smallest absolute Gasteiger partial charge is 0.218 e. The zero-order valence-electron chi connectivity index (χ0n) is 11.2. The number of nitrogens with two attached hydrogens (primary N) is 2. The monoisotopic (exact) mass is 256 g/mol. The number of piperazine rings is 1. The molecule has 1 saturated heterocycles. The molecule has 6 heteroatoms. The number of rotatable bonds is 6. The lowest BCUT2D eigenvalue weighted by atomic mass is 9.84. The number of carbonyl (C=O) groups is 2. The number of primary amides is 2. The average molecular weight is 256 g/mol. The van der Waals surface area contributed by atoms with Crippen molar-refractivity contribution >= 4 is 11.8 Å². The van der Waals surface area contributed by atoms with Gasteiger partial charge in [0.1, 0.15) is 0 Å². The SMILES string of the molecule is CC1NCCN(CCC(N)=O)C1(C)CCC(N)=O. The Hall–Kier alpha value is -1.14. The van der Waals surface area contributed by atoms with Crippen LogP contribution in [0.1, 0.15) is 33.1 Å². The minimum atomic E-state index is -0.293. The van der Waals surface area contributed by atoms with Crippen molar-refractivity contribution in [2.75, 3.05) is 19.6 Å². The van der Waals surface area contributed by atoms with Crippen molar-refractivity contribution in [2.45, 2.75) is 44.7 Å². The predicted molar refractivity (Wildman–Crippen MR) is 69.7 cm³/mol. The number of nitrogens with zero attached hydrogens (tertiary/aromatic N) is 1. The second kappa shape index (κ2) is 6.15. The summed E-state index contributed by atoms with van der Waals surface area (Å²) in [5, 5.41) is 3.40. The van der Waals surface area contributed by atoms with Gasteiger partial charge in [-0.3, -0.25) is 14.5 Å². The van der Waals surface area contributed by atoms with Gasteiger partial charge in [-0.1, -0.05) is 0 Å². The maximum atomic E-state index is 11.0. The molecule has 0 bridgehead atoms. The molecule has 1 aliphatic heterocycles. The van der Waals surface area contributed by atoms with Crippen molar-refractivity contribution in [3.05, 3.63) is 0 Å². The largest absolute Gasteiger partial charge is 0.370 e. The highest BCUT2D eigenvalue weighted by Crippen LogP contribution is 2.27. The van der Waals surface area contributed by atoms with Crippen molar-refractivity contribution < 1.29 is 9.59 Å². The number of nitrogens with one attached hydrogen (secondary N) is 1. The summed E-state index contributed by atoms with van der Waals surface area (Å²) < 4.78 is 0. The van der Waals surface area contributed by atoms with Crippen LogP contribution in [-0.4, -0.2) is 47.9 Å². The first-order valence-corrected chi connectivity index (χ1v) is 6.41. The standard InChI is InChI=1S/C12H24N4O2/c1-9-12(2,5-3-10(13)17)16(8-6-15-9)7-4-11(14)18/h9,15H,3-8H2,1-2H3,(H2,13,17)(H2,14,18). The lowest BCUT2D eigenvalue weighted by Gasteiger charge is -2.49. The predicted octanol–water partition coefficient (Wildman–Crippen LogP) is -0.820. The molecule has 0 saturated carbocycles. The molecule has 18 heavy (non-hydrogen) atoms. The maximum Gasteiger partial charge on any atom is 0.218 e. The number of amides is 2. The normalized spacial score (nSPS) is 29.1. The number of hydrogen-bond acceptors (Lipinski definition) is 4. The van der Waals surface area contributed by atoms with Gasteiger partial charge in [0.15, 0.2) is 0 Å². The topological polar surface area (TPSA) is 101 Å². The summed E-state index contributed by atoms with van der Waals surface area (Å²) in [5.41, 5.74) is 10.3. The van der Waals surface area contributed by atoms with Gasteiger partial charge in [-0.2, -0.15) is 0 Å². The van der Waals surface area contributed by atoms with E-state index in [0.717, 1.165) is 13.1 Å². The minimum Gasteiger partial charge on any atom is -0.370 e. The quantitative estimate of drug-likeness (QED) is 0.578. The minimum absolute atomic E-state index is 0.164. The Morgan fingerprint density at radius 2 is 1.94 bits per heavy atom. The first-order chi connectivity index (χ1) is 8.36. The van der Waals surface area contributed by atoms with Crippen LogP contribution in [0.25, 0.3) is 0 Å². The molecule has 6 nitrogen and oxygen atoms in total. The van der Waals surface area contributed by atoms with Crippen LogP contribution >= 0.6 is 0 Å². The Kier molecular flexibility index (Phi) is 5.10. The highest BCUT2D eigenvalue weighted by atomic mass is 16.1. The van der Waals surface area contributed by atoms with E-state index < -0.39 is 0 Å². The molecule has 1 aliphatic rings. The zero-order chi connectivity index (χ0) is 13.8. The maximum absolute atomic E-state index is 11.0. The van der Waals surface area contributed by atoms with Gasteiger partial charge in [-0.25, -0.2) is 0 Å². The molecule has 1 rings (SSSR count). The zero-order valence-corrected chi connectivity index (χ0v) is 11.2. The molecule has 2 unspecified atom stereocenters. The van der Waals surface area contributed by atoms with E-state index >= 15 is 0 Å². The summed E-state index contributed by atoms with van der Waals surface area (Å²) in [6, 6.07) is 0.249. The van der Waals surface area contributed by atoms with Gasteiger partial charge in [0.05, 0.1) is 0 Å². The Balaban J connectivity index is 2.70. The highest BCUT2D eigenvalue weighted by Gasteiger charge is 2.39. The highest BCUT2D eigenvalue weighted by molar-refractivity contribution is 5.74. The van der Waals surface area contributed by atoms with Crippen LogP contribution in [0.5, 0.6) is 0 Å². The van der Waals surface area contributed by atoms with Gasteiger partial charge in [0.2, 0.25) is 11.8 Å². The lowest BCUT2D eigenvalue weighted by molar-refractivity contribution is -0.120. The Morgan fingerprint density at radius 3 is 2.50 bits per heavy atom. The van der Waals surface area contributed by atoms with Gasteiger partial charge >= 0.3 is 0 Å². The van der Waals surface area contributed by atoms with E-state index in [1.165, 1.54) is 0 Å². The third-order valence-electron chi connectivity index (χ3n) is 3.99. The molecule has 0 aliphatic carbocycles. The van der Waals surface area contributed by atoms with Crippen molar-refractivity contribution in [3.8, 4) is 0 Å². The van der Waals surface area contributed by atoms with E-state index in [1.54, 1.807) is 0 Å². The number of hydrogen-bond donors (Lipinski definition) is 3. The lowest BCUT2D eigenvalue weighted by Crippen LogP contribution is -2.65. The second-order valence-electron chi connectivity index (χ2n) is 5.20. The van der Waals surface area contributed by atoms with Crippen LogP contribution in [0.3, 0.4) is 0 Å². The summed E-state index contributed by atoms with van der Waals surface area (Å²) in [7, 11) is 0. The fraction of sp³-hybridized carbons (Fsp3) is 0.833. The molecule has 2 atom stereocenters. The number of carbonyl (C=O) groups excluding carboxylic acids is 2. The summed E-state index contributed by atoms with van der Waals surface area (Å²) in [6.07, 6.45) is 1.39. The van der Waals surface area contributed by atoms with Gasteiger partial charge in [-0.05, 0) is 20.3 Å². The average Bonchev–Trinajstić information content (AvgIpc) is 2.28. The van der Waals surface area contributed by atoms with Gasteiger partial charge in [0.25, 0.3) is 0 Å². The Morgan fingerprint density at radius 1 is 1.33 bits per heavy atom. The van der Waals surface area contributed by atoms with Crippen LogP contribution < -0.4 is 16.8 Å². The third-order valence-corrected chi connectivity index (χ3v) is 3.99. The van der Waals surface area contributed by atoms with Crippen LogP contribution in [0, 0.1) is 0 Å². The van der Waals surface area contributed by atoms with Crippen LogP contribution in [0.4, 0.5) is 0 Å². The fourth-order valence-corrected chi connectivity index (χ4v) is 2.53. The van der Waals surface area contributed by atoms with Crippen LogP contribution in [0.2, 0.25) is 0 Å². The molecular weight excluding hydrogens is 232 g/mol. The molecule has 104 valence electrons. The molecule has 5 N–H and O–H groups in total. The molecule has 1 fully saturated rings. The summed E-state index contributed by atoms with van der Waals surface area (Å²) in [6.45, 7) is 6.57. The first kappa shape index (κ1) is 14.9. The molecule has 0 radical (unpaired) electrons. The fourth-order valence-electron chi connectivity index (χ4n) is 2.53. The van der Waals surface area contributed by atoms with E-state index in [1.807, 2.05) is 0 Å². The van der Waals surface area contributed by atoms with Crippen molar-refractivity contribution in [1.29, 1.82) is 0 Å². The molecule has 0 aromatic carbocycles. The van der Waals surface area contributed by atoms with Crippen molar-refractivity contribution in [2.24, 2.45) is 11.5 Å². The summed E-state index contributed by atoms with van der Waals surface area (Å²) in [4.78, 5) is 24.1. The van der Waals surface area contributed by atoms with E-state index in [9.17, 15) is 9.59 Å². The van der Waals surface area contributed by atoms with Crippen LogP contribution in [-0.2, 0) is 9.59 Å². The first-order valence-electron chi connectivity index (χ1n) is 6.41. The summed E-state index contributed by atoms with van der Waals surface area (Å²) in [5.74, 6) is -0.581. The molecular formula is C12H24N4O2. The van der Waals surface area contributed by atoms with E-state index in [4.69, 9.17) is 11.5 Å². The van der Waals surface area contributed by atoms with E-state index in [-0.39, 0.29) is 23.4 Å².